The summed E-state index contributed by atoms with van der Waals surface area (Å²) in [5.74, 6) is 0.518. The minimum atomic E-state index is -0.405. The minimum Gasteiger partial charge on any atom is -0.355 e. The fourth-order valence-corrected chi connectivity index (χ4v) is 6.26. The van der Waals surface area contributed by atoms with Crippen molar-refractivity contribution in [2.75, 3.05) is 31.5 Å². The molecular formula is C29H24FN5OS. The summed E-state index contributed by atoms with van der Waals surface area (Å²) in [5.41, 5.74) is 6.99. The van der Waals surface area contributed by atoms with Gasteiger partial charge in [-0.3, -0.25) is 9.78 Å². The molecule has 2 N–H and O–H groups in total. The molecule has 184 valence electrons. The number of likely N-dealkylation sites (tertiary alicyclic amines) is 1. The Bertz CT molecular complexity index is 1660. The standard InChI is InChI=1S/C29H24FN5OS/c30-24-9-18(29(36)35-14-19-12-31-13-20(19)15-35)2-4-22(24)17-1-5-23-25(7-8-32-26(23)10-17)34-21-3-6-28-27(11-21)33-16-37-28/h1-11,16,19-20,31H,12-15H2,(H,32,34). The van der Waals surface area contributed by atoms with Crippen LogP contribution in [0.1, 0.15) is 10.4 Å². The first-order valence-electron chi connectivity index (χ1n) is 12.4. The van der Waals surface area contributed by atoms with Crippen LogP contribution in [0, 0.1) is 17.7 Å². The monoisotopic (exact) mass is 509 g/mol. The summed E-state index contributed by atoms with van der Waals surface area (Å²) < 4.78 is 16.4. The van der Waals surface area contributed by atoms with Crippen LogP contribution in [-0.4, -0.2) is 47.0 Å². The first kappa shape index (κ1) is 22.3. The van der Waals surface area contributed by atoms with Crippen LogP contribution in [0.15, 0.2) is 72.4 Å². The van der Waals surface area contributed by atoms with Crippen LogP contribution in [-0.2, 0) is 0 Å². The van der Waals surface area contributed by atoms with Gasteiger partial charge in [0.05, 0.1) is 21.2 Å². The van der Waals surface area contributed by atoms with Crippen molar-refractivity contribution in [3.8, 4) is 11.1 Å². The van der Waals surface area contributed by atoms with Crippen LogP contribution < -0.4 is 10.6 Å². The molecule has 0 radical (unpaired) electrons. The van der Waals surface area contributed by atoms with Gasteiger partial charge in [-0.05, 0) is 59.9 Å². The van der Waals surface area contributed by atoms with E-state index >= 15 is 4.39 Å². The van der Waals surface area contributed by atoms with Gasteiger partial charge in [-0.15, -0.1) is 11.3 Å². The van der Waals surface area contributed by atoms with E-state index in [1.165, 1.54) is 6.07 Å². The number of nitrogens with one attached hydrogen (secondary N) is 2. The molecule has 7 rings (SSSR count). The van der Waals surface area contributed by atoms with E-state index < -0.39 is 5.82 Å². The van der Waals surface area contributed by atoms with Gasteiger partial charge in [-0.25, -0.2) is 9.37 Å². The van der Waals surface area contributed by atoms with Gasteiger partial charge in [0.15, 0.2) is 0 Å². The molecular weight excluding hydrogens is 485 g/mol. The highest BCUT2D eigenvalue weighted by Crippen LogP contribution is 2.33. The van der Waals surface area contributed by atoms with Crippen LogP contribution in [0.3, 0.4) is 0 Å². The average Bonchev–Trinajstić information content (AvgIpc) is 3.64. The molecule has 0 bridgehead atoms. The molecule has 37 heavy (non-hydrogen) atoms. The number of carbonyl (C=O) groups excluding carboxylic acids is 1. The van der Waals surface area contributed by atoms with E-state index in [2.05, 4.69) is 26.7 Å². The lowest BCUT2D eigenvalue weighted by molar-refractivity contribution is 0.0781. The molecule has 2 aliphatic rings. The fraction of sp³-hybridized carbons (Fsp3) is 0.207. The maximum absolute atomic E-state index is 15.3. The number of hydrogen-bond donors (Lipinski definition) is 2. The van der Waals surface area contributed by atoms with Crippen molar-refractivity contribution in [2.45, 2.75) is 0 Å². The quantitative estimate of drug-likeness (QED) is 0.326. The van der Waals surface area contributed by atoms with Gasteiger partial charge in [-0.1, -0.05) is 18.2 Å². The number of fused-ring (bicyclic) bond motifs is 3. The minimum absolute atomic E-state index is 0.0911. The van der Waals surface area contributed by atoms with E-state index in [-0.39, 0.29) is 5.91 Å². The predicted molar refractivity (Wildman–Crippen MR) is 146 cm³/mol. The number of anilines is 2. The van der Waals surface area contributed by atoms with E-state index in [0.717, 1.165) is 64.2 Å². The van der Waals surface area contributed by atoms with Gasteiger partial charge in [-0.2, -0.15) is 0 Å². The number of halogens is 1. The summed E-state index contributed by atoms with van der Waals surface area (Å²) >= 11 is 1.61. The van der Waals surface area contributed by atoms with Crippen molar-refractivity contribution in [1.82, 2.24) is 20.2 Å². The zero-order valence-corrected chi connectivity index (χ0v) is 20.8. The second-order valence-corrected chi connectivity index (χ2v) is 10.7. The summed E-state index contributed by atoms with van der Waals surface area (Å²) in [7, 11) is 0. The molecule has 2 unspecified atom stereocenters. The third-order valence-corrected chi connectivity index (χ3v) is 8.37. The van der Waals surface area contributed by atoms with Crippen LogP contribution in [0.25, 0.3) is 32.2 Å². The number of rotatable bonds is 4. The smallest absolute Gasteiger partial charge is 0.253 e. The van der Waals surface area contributed by atoms with Crippen molar-refractivity contribution in [2.24, 2.45) is 11.8 Å². The molecule has 0 aliphatic carbocycles. The molecule has 0 saturated carbocycles. The van der Waals surface area contributed by atoms with Crippen molar-refractivity contribution in [3.63, 3.8) is 0 Å². The molecule has 5 aromatic rings. The van der Waals surface area contributed by atoms with E-state index in [1.807, 2.05) is 46.8 Å². The average molecular weight is 510 g/mol. The zero-order valence-electron chi connectivity index (χ0n) is 19.9. The molecule has 2 fully saturated rings. The Labute approximate surface area is 217 Å². The van der Waals surface area contributed by atoms with Crippen molar-refractivity contribution in [1.29, 1.82) is 0 Å². The van der Waals surface area contributed by atoms with Crippen LogP contribution in [0.4, 0.5) is 15.8 Å². The van der Waals surface area contributed by atoms with Gasteiger partial charge in [0.25, 0.3) is 5.91 Å². The summed E-state index contributed by atoms with van der Waals surface area (Å²) in [6.45, 7) is 3.39. The van der Waals surface area contributed by atoms with Crippen LogP contribution >= 0.6 is 11.3 Å². The molecule has 2 aliphatic heterocycles. The molecule has 6 nitrogen and oxygen atoms in total. The molecule has 2 atom stereocenters. The lowest BCUT2D eigenvalue weighted by Crippen LogP contribution is -2.31. The number of aromatic nitrogens is 2. The lowest BCUT2D eigenvalue weighted by Gasteiger charge is -2.18. The van der Waals surface area contributed by atoms with Gasteiger partial charge < -0.3 is 15.5 Å². The van der Waals surface area contributed by atoms with Gasteiger partial charge in [0.1, 0.15) is 5.82 Å². The number of amides is 1. The van der Waals surface area contributed by atoms with Gasteiger partial charge in [0, 0.05) is 60.3 Å². The normalized spacial score (nSPS) is 19.0. The topological polar surface area (TPSA) is 70.2 Å². The Morgan fingerprint density at radius 2 is 1.84 bits per heavy atom. The van der Waals surface area contributed by atoms with Crippen molar-refractivity contribution >= 4 is 49.7 Å². The number of carbonyl (C=O) groups is 1. The van der Waals surface area contributed by atoms with Crippen molar-refractivity contribution in [3.05, 3.63) is 83.8 Å². The number of thiazole rings is 1. The maximum atomic E-state index is 15.3. The second kappa shape index (κ2) is 8.90. The number of hydrogen-bond acceptors (Lipinski definition) is 6. The Morgan fingerprint density at radius 3 is 2.68 bits per heavy atom. The molecule has 1 amide bonds. The zero-order chi connectivity index (χ0) is 24.9. The molecule has 2 saturated heterocycles. The van der Waals surface area contributed by atoms with Gasteiger partial charge >= 0.3 is 0 Å². The van der Waals surface area contributed by atoms with E-state index in [9.17, 15) is 4.79 Å². The first-order valence-corrected chi connectivity index (χ1v) is 13.3. The highest BCUT2D eigenvalue weighted by molar-refractivity contribution is 7.16. The largest absolute Gasteiger partial charge is 0.355 e. The highest BCUT2D eigenvalue weighted by atomic mass is 32.1. The van der Waals surface area contributed by atoms with E-state index in [0.29, 0.717) is 23.0 Å². The molecule has 2 aromatic heterocycles. The Hall–Kier alpha value is -3.88. The van der Waals surface area contributed by atoms with E-state index in [1.54, 1.807) is 29.7 Å². The van der Waals surface area contributed by atoms with E-state index in [4.69, 9.17) is 0 Å². The number of pyridine rings is 1. The van der Waals surface area contributed by atoms with Crippen LogP contribution in [0.5, 0.6) is 0 Å². The number of nitrogens with zero attached hydrogens (tertiary/aromatic N) is 3. The SMILES string of the molecule is O=C(c1ccc(-c2ccc3c(Nc4ccc5scnc5c4)ccnc3c2)c(F)c1)N1CC2CNCC2C1. The Kier molecular flexibility index (Phi) is 5.37. The molecule has 3 aromatic carbocycles. The lowest BCUT2D eigenvalue weighted by atomic mass is 10.0. The Morgan fingerprint density at radius 1 is 0.973 bits per heavy atom. The molecule has 8 heteroatoms. The number of benzene rings is 3. The van der Waals surface area contributed by atoms with Gasteiger partial charge in [0.2, 0.25) is 0 Å². The molecule has 0 spiro atoms. The predicted octanol–water partition coefficient (Wildman–Crippen LogP) is 5.69. The first-order chi connectivity index (χ1) is 18.1. The highest BCUT2D eigenvalue weighted by Gasteiger charge is 2.38. The summed E-state index contributed by atoms with van der Waals surface area (Å²) in [5, 5.41) is 7.78. The maximum Gasteiger partial charge on any atom is 0.253 e. The third kappa shape index (κ3) is 4.02. The molecule has 4 heterocycles. The Balaban J connectivity index is 1.15. The second-order valence-electron chi connectivity index (χ2n) is 9.83. The summed E-state index contributed by atoms with van der Waals surface area (Å²) in [6.07, 6.45) is 1.74. The van der Waals surface area contributed by atoms with Crippen molar-refractivity contribution < 1.29 is 9.18 Å². The third-order valence-electron chi connectivity index (χ3n) is 7.56. The summed E-state index contributed by atoms with van der Waals surface area (Å²) in [6, 6.07) is 18.6. The summed E-state index contributed by atoms with van der Waals surface area (Å²) in [4.78, 5) is 23.8. The van der Waals surface area contributed by atoms with Crippen LogP contribution in [0.2, 0.25) is 0 Å². The fourth-order valence-electron chi connectivity index (χ4n) is 5.60.